The van der Waals surface area contributed by atoms with Gasteiger partial charge in [-0.25, -0.2) is 0 Å². The Hall–Kier alpha value is -2.66. The van der Waals surface area contributed by atoms with E-state index in [9.17, 15) is 14.7 Å². The number of hydrogen-bond acceptors (Lipinski definition) is 4. The van der Waals surface area contributed by atoms with Crippen LogP contribution < -0.4 is 5.73 Å². The van der Waals surface area contributed by atoms with Gasteiger partial charge >= 0.3 is 5.97 Å². The highest BCUT2D eigenvalue weighted by molar-refractivity contribution is 5.96. The first kappa shape index (κ1) is 16.7. The molecule has 5 heteroatoms. The van der Waals surface area contributed by atoms with Crippen molar-refractivity contribution in [2.75, 3.05) is 0 Å². The SMILES string of the molecule is N[C@H](Cc1ccc(C(=O)CCc2ccccc2O)cc1)C(=O)O. The van der Waals surface area contributed by atoms with E-state index in [0.29, 0.717) is 18.4 Å². The predicted molar refractivity (Wildman–Crippen MR) is 86.5 cm³/mol. The van der Waals surface area contributed by atoms with Crippen LogP contribution in [0.4, 0.5) is 0 Å². The Labute approximate surface area is 134 Å². The van der Waals surface area contributed by atoms with Gasteiger partial charge in [-0.2, -0.15) is 0 Å². The molecule has 0 saturated carbocycles. The Kier molecular flexibility index (Phi) is 5.49. The van der Waals surface area contributed by atoms with E-state index in [2.05, 4.69) is 0 Å². The zero-order valence-corrected chi connectivity index (χ0v) is 12.6. The van der Waals surface area contributed by atoms with Crippen LogP contribution in [0.15, 0.2) is 48.5 Å². The van der Waals surface area contributed by atoms with E-state index in [-0.39, 0.29) is 18.0 Å². The molecule has 0 aromatic heterocycles. The van der Waals surface area contributed by atoms with E-state index in [1.54, 1.807) is 42.5 Å². The molecule has 0 saturated heterocycles. The number of phenolic OH excluding ortho intramolecular Hbond substituents is 1. The number of carbonyl (C=O) groups excluding carboxylic acids is 1. The summed E-state index contributed by atoms with van der Waals surface area (Å²) < 4.78 is 0. The first-order chi connectivity index (χ1) is 11.0. The van der Waals surface area contributed by atoms with Gasteiger partial charge in [0, 0.05) is 12.0 Å². The number of para-hydroxylation sites is 1. The second-order valence-electron chi connectivity index (χ2n) is 5.40. The quantitative estimate of drug-likeness (QED) is 0.680. The number of hydrogen-bond donors (Lipinski definition) is 3. The van der Waals surface area contributed by atoms with Crippen molar-refractivity contribution in [3.8, 4) is 5.75 Å². The summed E-state index contributed by atoms with van der Waals surface area (Å²) >= 11 is 0. The maximum absolute atomic E-state index is 12.2. The van der Waals surface area contributed by atoms with Crippen molar-refractivity contribution >= 4 is 11.8 Å². The number of carbonyl (C=O) groups is 2. The maximum Gasteiger partial charge on any atom is 0.320 e. The second-order valence-corrected chi connectivity index (χ2v) is 5.40. The number of nitrogens with two attached hydrogens (primary N) is 1. The minimum Gasteiger partial charge on any atom is -0.508 e. The van der Waals surface area contributed by atoms with Gasteiger partial charge in [0.05, 0.1) is 0 Å². The van der Waals surface area contributed by atoms with Crippen molar-refractivity contribution < 1.29 is 19.8 Å². The molecule has 2 aromatic carbocycles. The average molecular weight is 313 g/mol. The summed E-state index contributed by atoms with van der Waals surface area (Å²) in [7, 11) is 0. The molecular weight excluding hydrogens is 294 g/mol. The first-order valence-corrected chi connectivity index (χ1v) is 7.35. The van der Waals surface area contributed by atoms with Gasteiger partial charge in [-0.1, -0.05) is 42.5 Å². The highest BCUT2D eigenvalue weighted by atomic mass is 16.4. The van der Waals surface area contributed by atoms with Gasteiger partial charge in [-0.3, -0.25) is 9.59 Å². The number of ketones is 1. The summed E-state index contributed by atoms with van der Waals surface area (Å²) in [6.07, 6.45) is 0.990. The molecule has 0 fully saturated rings. The molecule has 0 radical (unpaired) electrons. The lowest BCUT2D eigenvalue weighted by atomic mass is 9.99. The van der Waals surface area contributed by atoms with Crippen LogP contribution in [0.2, 0.25) is 0 Å². The molecule has 0 aliphatic heterocycles. The van der Waals surface area contributed by atoms with Crippen LogP contribution in [0, 0.1) is 0 Å². The standard InChI is InChI=1S/C18H19NO4/c19-15(18(22)23)11-12-5-7-14(8-6-12)17(21)10-9-13-3-1-2-4-16(13)20/h1-8,15,20H,9-11,19H2,(H,22,23)/t15-/m1/s1. The Morgan fingerprint density at radius 1 is 1.04 bits per heavy atom. The number of aryl methyl sites for hydroxylation is 1. The highest BCUT2D eigenvalue weighted by Gasteiger charge is 2.13. The number of carboxylic acid groups (broad SMARTS) is 1. The molecule has 0 spiro atoms. The molecule has 0 bridgehead atoms. The van der Waals surface area contributed by atoms with Crippen LogP contribution in [-0.2, 0) is 17.6 Å². The van der Waals surface area contributed by atoms with Crippen molar-refractivity contribution in [3.05, 3.63) is 65.2 Å². The minimum absolute atomic E-state index is 0.0256. The Balaban J connectivity index is 1.95. The molecule has 5 nitrogen and oxygen atoms in total. The van der Waals surface area contributed by atoms with Gasteiger partial charge in [-0.05, 0) is 30.0 Å². The monoisotopic (exact) mass is 313 g/mol. The Bertz CT molecular complexity index is 694. The van der Waals surface area contributed by atoms with Gasteiger partial charge < -0.3 is 15.9 Å². The number of phenols is 1. The van der Waals surface area contributed by atoms with Crippen molar-refractivity contribution in [2.24, 2.45) is 5.73 Å². The minimum atomic E-state index is -1.05. The number of rotatable bonds is 7. The third-order valence-electron chi connectivity index (χ3n) is 3.66. The van der Waals surface area contributed by atoms with Crippen LogP contribution in [0.1, 0.15) is 27.9 Å². The lowest BCUT2D eigenvalue weighted by Crippen LogP contribution is -2.32. The van der Waals surface area contributed by atoms with Crippen LogP contribution >= 0.6 is 0 Å². The number of aliphatic carboxylic acids is 1. The van der Waals surface area contributed by atoms with Gasteiger partial charge in [0.2, 0.25) is 0 Å². The summed E-state index contributed by atoms with van der Waals surface area (Å²) in [5.74, 6) is -0.881. The molecule has 2 aromatic rings. The average Bonchev–Trinajstić information content (AvgIpc) is 2.54. The molecule has 0 heterocycles. The van der Waals surface area contributed by atoms with Crippen molar-refractivity contribution in [2.45, 2.75) is 25.3 Å². The molecule has 0 unspecified atom stereocenters. The van der Waals surface area contributed by atoms with E-state index >= 15 is 0 Å². The molecule has 120 valence electrons. The van der Waals surface area contributed by atoms with Gasteiger partial charge in [0.25, 0.3) is 0 Å². The van der Waals surface area contributed by atoms with Crippen LogP contribution in [-0.4, -0.2) is 28.0 Å². The van der Waals surface area contributed by atoms with Crippen molar-refractivity contribution in [1.82, 2.24) is 0 Å². The molecule has 0 aliphatic carbocycles. The van der Waals surface area contributed by atoms with Gasteiger partial charge in [0.1, 0.15) is 11.8 Å². The van der Waals surface area contributed by atoms with Gasteiger partial charge in [0.15, 0.2) is 5.78 Å². The highest BCUT2D eigenvalue weighted by Crippen LogP contribution is 2.18. The molecule has 0 amide bonds. The maximum atomic E-state index is 12.2. The smallest absolute Gasteiger partial charge is 0.320 e. The fraction of sp³-hybridized carbons (Fsp3) is 0.222. The van der Waals surface area contributed by atoms with Crippen LogP contribution in [0.5, 0.6) is 5.75 Å². The summed E-state index contributed by atoms with van der Waals surface area (Å²) in [6.45, 7) is 0. The molecular formula is C18H19NO4. The van der Waals surface area contributed by atoms with Crippen LogP contribution in [0.25, 0.3) is 0 Å². The zero-order valence-electron chi connectivity index (χ0n) is 12.6. The fourth-order valence-corrected chi connectivity index (χ4v) is 2.28. The number of aromatic hydroxyl groups is 1. The number of Topliss-reactive ketones (excluding diaryl/α,β-unsaturated/α-hetero) is 1. The van der Waals surface area contributed by atoms with E-state index in [1.807, 2.05) is 6.07 Å². The summed E-state index contributed by atoms with van der Waals surface area (Å²) in [6, 6.07) is 12.8. The topological polar surface area (TPSA) is 101 Å². The first-order valence-electron chi connectivity index (χ1n) is 7.35. The Morgan fingerprint density at radius 2 is 1.70 bits per heavy atom. The van der Waals surface area contributed by atoms with Gasteiger partial charge in [-0.15, -0.1) is 0 Å². The molecule has 1 atom stereocenters. The normalized spacial score (nSPS) is 11.9. The molecule has 0 aliphatic rings. The second kappa shape index (κ2) is 7.56. The zero-order chi connectivity index (χ0) is 16.8. The predicted octanol–water partition coefficient (Wildman–Crippen LogP) is 2.16. The van der Waals surface area contributed by atoms with Crippen molar-refractivity contribution in [3.63, 3.8) is 0 Å². The number of carboxylic acids is 1. The fourth-order valence-electron chi connectivity index (χ4n) is 2.28. The van der Waals surface area contributed by atoms with E-state index in [1.165, 1.54) is 0 Å². The van der Waals surface area contributed by atoms with Crippen LogP contribution in [0.3, 0.4) is 0 Å². The third kappa shape index (κ3) is 4.66. The largest absolute Gasteiger partial charge is 0.508 e. The summed E-state index contributed by atoms with van der Waals surface area (Å²) in [5.41, 5.74) is 7.56. The van der Waals surface area contributed by atoms with E-state index in [4.69, 9.17) is 10.8 Å². The Morgan fingerprint density at radius 3 is 2.30 bits per heavy atom. The van der Waals surface area contributed by atoms with E-state index in [0.717, 1.165) is 11.1 Å². The molecule has 2 rings (SSSR count). The molecule has 23 heavy (non-hydrogen) atoms. The summed E-state index contributed by atoms with van der Waals surface area (Å²) in [4.78, 5) is 22.9. The lowest BCUT2D eigenvalue weighted by Gasteiger charge is -2.07. The summed E-state index contributed by atoms with van der Waals surface area (Å²) in [5, 5.41) is 18.5. The number of benzene rings is 2. The van der Waals surface area contributed by atoms with E-state index < -0.39 is 12.0 Å². The molecule has 4 N–H and O–H groups in total. The van der Waals surface area contributed by atoms with Crippen molar-refractivity contribution in [1.29, 1.82) is 0 Å². The third-order valence-corrected chi connectivity index (χ3v) is 3.66. The lowest BCUT2D eigenvalue weighted by molar-refractivity contribution is -0.138.